The monoisotopic (exact) mass is 734 g/mol. The molecule has 0 aromatic carbocycles. The molecule has 52 heavy (non-hydrogen) atoms. The second-order valence-electron chi connectivity index (χ2n) is 15.4. The number of allylic oxidation sites excluding steroid dienone is 6. The van der Waals surface area contributed by atoms with Gasteiger partial charge in [-0.05, 0) is 77.0 Å². The first-order chi connectivity index (χ1) is 25.5. The van der Waals surface area contributed by atoms with E-state index in [1.165, 1.54) is 135 Å². The number of aliphatic hydroxyl groups excluding tert-OH is 4. The zero-order chi connectivity index (χ0) is 38.2. The molecule has 0 bridgehead atoms. The second-order valence-corrected chi connectivity index (χ2v) is 15.4. The van der Waals surface area contributed by atoms with Crippen molar-refractivity contribution in [1.29, 1.82) is 0 Å². The molecule has 6 nitrogen and oxygen atoms in total. The maximum absolute atomic E-state index is 12.5. The Labute approximate surface area is 322 Å². The average molecular weight is 734 g/mol. The highest BCUT2D eigenvalue weighted by molar-refractivity contribution is 5.80. The fourth-order valence-electron chi connectivity index (χ4n) is 6.71. The van der Waals surface area contributed by atoms with Gasteiger partial charge in [0.15, 0.2) is 0 Å². The van der Waals surface area contributed by atoms with Crippen LogP contribution < -0.4 is 5.32 Å². The number of carbonyl (C=O) groups excluding carboxylic acids is 1. The number of rotatable bonds is 40. The molecule has 0 aliphatic carbocycles. The standard InChI is InChI=1S/C46H87NO5/c1-3-5-7-9-11-13-15-17-19-21-22-24-26-28-30-32-34-36-38-40-44(50)46(52)47-42(41-48)45(51)43(49)39-37-35-33-31-29-27-25-23-20-18-16-14-12-10-8-6-4-2/h22-25,31,33,42-45,48-51H,3-21,26-30,32,34-41H2,1-2H3,(H,47,52)/b24-22-,25-23+,33-31+. The van der Waals surface area contributed by atoms with Crippen LogP contribution in [0.4, 0.5) is 0 Å². The molecule has 306 valence electrons. The zero-order valence-corrected chi connectivity index (χ0v) is 34.3. The van der Waals surface area contributed by atoms with Crippen molar-refractivity contribution in [3.8, 4) is 0 Å². The van der Waals surface area contributed by atoms with Gasteiger partial charge in [0.25, 0.3) is 0 Å². The van der Waals surface area contributed by atoms with Gasteiger partial charge in [-0.3, -0.25) is 4.79 Å². The van der Waals surface area contributed by atoms with E-state index < -0.39 is 36.9 Å². The van der Waals surface area contributed by atoms with Crippen molar-refractivity contribution in [2.24, 2.45) is 0 Å². The summed E-state index contributed by atoms with van der Waals surface area (Å²) in [6.45, 7) is 4.03. The van der Waals surface area contributed by atoms with Crippen LogP contribution in [0.5, 0.6) is 0 Å². The number of hydrogen-bond donors (Lipinski definition) is 5. The molecule has 6 heteroatoms. The molecular weight excluding hydrogens is 647 g/mol. The number of aliphatic hydroxyl groups is 4. The minimum absolute atomic E-state index is 0.353. The fraction of sp³-hybridized carbons (Fsp3) is 0.848. The Morgan fingerprint density at radius 3 is 1.21 bits per heavy atom. The van der Waals surface area contributed by atoms with Crippen LogP contribution in [0.1, 0.15) is 219 Å². The highest BCUT2D eigenvalue weighted by atomic mass is 16.3. The predicted octanol–water partition coefficient (Wildman–Crippen LogP) is 11.7. The molecule has 0 saturated carbocycles. The van der Waals surface area contributed by atoms with Crippen LogP contribution in [0.15, 0.2) is 36.5 Å². The highest BCUT2D eigenvalue weighted by Crippen LogP contribution is 2.14. The van der Waals surface area contributed by atoms with Gasteiger partial charge in [0.1, 0.15) is 12.2 Å². The summed E-state index contributed by atoms with van der Waals surface area (Å²) in [4.78, 5) is 12.5. The van der Waals surface area contributed by atoms with Crippen molar-refractivity contribution in [1.82, 2.24) is 5.32 Å². The summed E-state index contributed by atoms with van der Waals surface area (Å²) in [5, 5.41) is 43.6. The van der Waals surface area contributed by atoms with E-state index in [2.05, 4.69) is 55.6 Å². The number of unbranched alkanes of at least 4 members (excludes halogenated alkanes) is 25. The number of carbonyl (C=O) groups is 1. The van der Waals surface area contributed by atoms with Crippen LogP contribution in [-0.4, -0.2) is 57.3 Å². The van der Waals surface area contributed by atoms with Gasteiger partial charge in [0.05, 0.1) is 18.8 Å². The average Bonchev–Trinajstić information content (AvgIpc) is 3.15. The Balaban J connectivity index is 3.81. The normalized spacial score (nSPS) is 14.5. The largest absolute Gasteiger partial charge is 0.394 e. The first-order valence-corrected chi connectivity index (χ1v) is 22.4. The molecule has 0 heterocycles. The summed E-state index contributed by atoms with van der Waals surface area (Å²) in [6.07, 6.45) is 47.4. The molecule has 0 aliphatic heterocycles. The molecule has 0 aromatic rings. The Hall–Kier alpha value is -1.47. The molecule has 0 rings (SSSR count). The van der Waals surface area contributed by atoms with Crippen LogP contribution in [-0.2, 0) is 4.79 Å². The second kappa shape index (κ2) is 40.7. The Morgan fingerprint density at radius 2 is 0.808 bits per heavy atom. The molecule has 0 radical (unpaired) electrons. The van der Waals surface area contributed by atoms with E-state index in [0.29, 0.717) is 19.3 Å². The molecule has 4 unspecified atom stereocenters. The zero-order valence-electron chi connectivity index (χ0n) is 34.3. The maximum Gasteiger partial charge on any atom is 0.249 e. The van der Waals surface area contributed by atoms with Gasteiger partial charge in [-0.2, -0.15) is 0 Å². The first kappa shape index (κ1) is 50.5. The molecular formula is C46H87NO5. The summed E-state index contributed by atoms with van der Waals surface area (Å²) in [7, 11) is 0. The number of hydrogen-bond acceptors (Lipinski definition) is 5. The Morgan fingerprint density at radius 1 is 0.462 bits per heavy atom. The van der Waals surface area contributed by atoms with Crippen molar-refractivity contribution in [2.75, 3.05) is 6.61 Å². The van der Waals surface area contributed by atoms with E-state index >= 15 is 0 Å². The Bertz CT molecular complexity index is 828. The van der Waals surface area contributed by atoms with Crippen LogP contribution in [0.2, 0.25) is 0 Å². The number of amides is 1. The van der Waals surface area contributed by atoms with Gasteiger partial charge in [-0.15, -0.1) is 0 Å². The topological polar surface area (TPSA) is 110 Å². The smallest absolute Gasteiger partial charge is 0.249 e. The highest BCUT2D eigenvalue weighted by Gasteiger charge is 2.28. The summed E-state index contributed by atoms with van der Waals surface area (Å²) >= 11 is 0. The van der Waals surface area contributed by atoms with Crippen molar-refractivity contribution < 1.29 is 25.2 Å². The van der Waals surface area contributed by atoms with Crippen molar-refractivity contribution in [2.45, 2.75) is 244 Å². The van der Waals surface area contributed by atoms with Crippen molar-refractivity contribution in [3.63, 3.8) is 0 Å². The van der Waals surface area contributed by atoms with Crippen LogP contribution >= 0.6 is 0 Å². The van der Waals surface area contributed by atoms with Gasteiger partial charge < -0.3 is 25.7 Å². The summed E-state index contributed by atoms with van der Waals surface area (Å²) in [5.74, 6) is -0.603. The van der Waals surface area contributed by atoms with Crippen LogP contribution in [0, 0.1) is 0 Å². The van der Waals surface area contributed by atoms with E-state index in [1.807, 2.05) is 0 Å². The third-order valence-electron chi connectivity index (χ3n) is 10.3. The van der Waals surface area contributed by atoms with Gasteiger partial charge in [-0.25, -0.2) is 0 Å². The van der Waals surface area contributed by atoms with Crippen molar-refractivity contribution in [3.05, 3.63) is 36.5 Å². The molecule has 5 N–H and O–H groups in total. The van der Waals surface area contributed by atoms with Crippen LogP contribution in [0.25, 0.3) is 0 Å². The maximum atomic E-state index is 12.5. The van der Waals surface area contributed by atoms with Crippen LogP contribution in [0.3, 0.4) is 0 Å². The van der Waals surface area contributed by atoms with E-state index in [4.69, 9.17) is 0 Å². The fourth-order valence-corrected chi connectivity index (χ4v) is 6.71. The molecule has 0 fully saturated rings. The lowest BCUT2D eigenvalue weighted by Crippen LogP contribution is -2.53. The SMILES string of the molecule is CCCCCCCCCC/C=C/CC/C=C/CCCC(O)C(O)C(CO)NC(=O)C(O)CCCCCCCC/C=C\CCCCCCCCCCC. The molecule has 1 amide bonds. The number of nitrogens with one attached hydrogen (secondary N) is 1. The van der Waals surface area contributed by atoms with Gasteiger partial charge in [-0.1, -0.05) is 179 Å². The van der Waals surface area contributed by atoms with Gasteiger partial charge in [0.2, 0.25) is 5.91 Å². The van der Waals surface area contributed by atoms with E-state index in [1.54, 1.807) is 0 Å². The first-order valence-electron chi connectivity index (χ1n) is 22.4. The van der Waals surface area contributed by atoms with Gasteiger partial charge >= 0.3 is 0 Å². The van der Waals surface area contributed by atoms with Crippen molar-refractivity contribution >= 4 is 5.91 Å². The summed E-state index contributed by atoms with van der Waals surface area (Å²) in [6, 6.07) is -1.01. The molecule has 4 atom stereocenters. The van der Waals surface area contributed by atoms with E-state index in [0.717, 1.165) is 51.4 Å². The lowest BCUT2D eigenvalue weighted by molar-refractivity contribution is -0.132. The lowest BCUT2D eigenvalue weighted by atomic mass is 10.00. The summed E-state index contributed by atoms with van der Waals surface area (Å²) < 4.78 is 0. The minimum Gasteiger partial charge on any atom is -0.394 e. The molecule has 0 aromatic heterocycles. The third-order valence-corrected chi connectivity index (χ3v) is 10.3. The van der Waals surface area contributed by atoms with E-state index in [-0.39, 0.29) is 0 Å². The lowest BCUT2D eigenvalue weighted by Gasteiger charge is -2.27. The third kappa shape index (κ3) is 34.3. The molecule has 0 spiro atoms. The molecule has 0 saturated heterocycles. The summed E-state index contributed by atoms with van der Waals surface area (Å²) in [5.41, 5.74) is 0. The molecule has 0 aliphatic rings. The van der Waals surface area contributed by atoms with Gasteiger partial charge in [0, 0.05) is 0 Å². The predicted molar refractivity (Wildman–Crippen MR) is 224 cm³/mol. The quantitative estimate of drug-likeness (QED) is 0.0318. The minimum atomic E-state index is -1.29. The van der Waals surface area contributed by atoms with E-state index in [9.17, 15) is 25.2 Å². The Kier molecular flexibility index (Phi) is 39.6.